The smallest absolute Gasteiger partial charge is 0.262 e. The predicted molar refractivity (Wildman–Crippen MR) is 113 cm³/mol. The minimum absolute atomic E-state index is 0.136. The third-order valence-corrected chi connectivity index (χ3v) is 4.13. The van der Waals surface area contributed by atoms with Crippen LogP contribution in [0.25, 0.3) is 0 Å². The minimum Gasteiger partial charge on any atom is -0.493 e. The Labute approximate surface area is 169 Å². The van der Waals surface area contributed by atoms with Crippen molar-refractivity contribution >= 4 is 23.8 Å². The molecule has 0 saturated heterocycles. The van der Waals surface area contributed by atoms with Crippen LogP contribution < -0.4 is 20.5 Å². The topological polar surface area (TPSA) is 104 Å². The summed E-state index contributed by atoms with van der Waals surface area (Å²) in [7, 11) is 1.54. The van der Waals surface area contributed by atoms with Gasteiger partial charge in [0.25, 0.3) is 5.91 Å². The van der Waals surface area contributed by atoms with E-state index in [1.165, 1.54) is 11.8 Å². The molecule has 0 unspecified atom stereocenters. The van der Waals surface area contributed by atoms with Crippen molar-refractivity contribution in [1.82, 2.24) is 9.66 Å². The third kappa shape index (κ3) is 5.13. The van der Waals surface area contributed by atoms with Crippen molar-refractivity contribution in [2.24, 2.45) is 5.10 Å². The Morgan fingerprint density at radius 3 is 2.72 bits per heavy atom. The normalized spacial score (nSPS) is 10.9. The van der Waals surface area contributed by atoms with Crippen LogP contribution >= 0.6 is 0 Å². The van der Waals surface area contributed by atoms with Gasteiger partial charge in [0, 0.05) is 5.69 Å². The Morgan fingerprint density at radius 2 is 2.03 bits per heavy atom. The SMILES string of the molecule is COc1cc(C=Nn2cc(C)nc2N)ccc1OCC(=O)Nc1ccccc1C. The number of aromatic nitrogens is 2. The van der Waals surface area contributed by atoms with Gasteiger partial charge >= 0.3 is 0 Å². The Balaban J connectivity index is 1.65. The number of imidazole rings is 1. The number of para-hydroxylation sites is 1. The molecule has 2 aromatic carbocycles. The molecule has 0 spiro atoms. The summed E-state index contributed by atoms with van der Waals surface area (Å²) in [5, 5.41) is 7.10. The number of hydrogen-bond donors (Lipinski definition) is 2. The number of hydrogen-bond acceptors (Lipinski definition) is 6. The van der Waals surface area contributed by atoms with E-state index in [0.717, 1.165) is 22.5 Å². The van der Waals surface area contributed by atoms with E-state index in [0.29, 0.717) is 17.4 Å². The summed E-state index contributed by atoms with van der Waals surface area (Å²) in [5.74, 6) is 1.01. The molecule has 0 fully saturated rings. The Hall–Kier alpha value is -3.81. The number of carbonyl (C=O) groups is 1. The molecule has 1 aromatic heterocycles. The number of nitrogens with zero attached hydrogens (tertiary/aromatic N) is 3. The lowest BCUT2D eigenvalue weighted by atomic mass is 10.2. The van der Waals surface area contributed by atoms with E-state index in [1.807, 2.05) is 38.1 Å². The molecule has 1 amide bonds. The number of carbonyl (C=O) groups excluding carboxylic acids is 1. The van der Waals surface area contributed by atoms with Gasteiger partial charge in [0.05, 0.1) is 25.2 Å². The van der Waals surface area contributed by atoms with Crippen molar-refractivity contribution < 1.29 is 14.3 Å². The molecule has 3 rings (SSSR count). The molecule has 0 aliphatic heterocycles. The zero-order chi connectivity index (χ0) is 20.8. The van der Waals surface area contributed by atoms with Crippen molar-refractivity contribution in [3.8, 4) is 11.5 Å². The first-order valence-electron chi connectivity index (χ1n) is 8.98. The average Bonchev–Trinajstić information content (AvgIpc) is 3.03. The molecule has 8 heteroatoms. The maximum Gasteiger partial charge on any atom is 0.262 e. The largest absolute Gasteiger partial charge is 0.493 e. The lowest BCUT2D eigenvalue weighted by molar-refractivity contribution is -0.118. The van der Waals surface area contributed by atoms with Crippen LogP contribution in [-0.2, 0) is 4.79 Å². The summed E-state index contributed by atoms with van der Waals surface area (Å²) in [6.45, 7) is 3.63. The molecular weight excluding hydrogens is 370 g/mol. The van der Waals surface area contributed by atoms with Gasteiger partial charge in [-0.15, -0.1) is 0 Å². The van der Waals surface area contributed by atoms with E-state index < -0.39 is 0 Å². The van der Waals surface area contributed by atoms with E-state index in [2.05, 4.69) is 15.4 Å². The first-order chi connectivity index (χ1) is 14.0. The maximum absolute atomic E-state index is 12.2. The molecule has 3 aromatic rings. The Kier molecular flexibility index (Phi) is 6.13. The summed E-state index contributed by atoms with van der Waals surface area (Å²) < 4.78 is 12.5. The first kappa shape index (κ1) is 19.9. The molecule has 8 nitrogen and oxygen atoms in total. The molecular formula is C21H23N5O3. The van der Waals surface area contributed by atoms with Crippen LogP contribution in [0.15, 0.2) is 53.8 Å². The van der Waals surface area contributed by atoms with E-state index in [9.17, 15) is 4.79 Å². The van der Waals surface area contributed by atoms with Gasteiger partial charge in [-0.25, -0.2) is 9.66 Å². The molecule has 0 radical (unpaired) electrons. The van der Waals surface area contributed by atoms with Gasteiger partial charge < -0.3 is 20.5 Å². The maximum atomic E-state index is 12.2. The molecule has 150 valence electrons. The fraction of sp³-hybridized carbons (Fsp3) is 0.190. The van der Waals surface area contributed by atoms with Crippen molar-refractivity contribution in [3.05, 3.63) is 65.5 Å². The molecule has 0 aliphatic rings. The van der Waals surface area contributed by atoms with Gasteiger partial charge in [0.15, 0.2) is 18.1 Å². The molecule has 29 heavy (non-hydrogen) atoms. The van der Waals surface area contributed by atoms with Gasteiger partial charge in [-0.05, 0) is 49.2 Å². The molecule has 0 aliphatic carbocycles. The van der Waals surface area contributed by atoms with Crippen LogP contribution in [0.2, 0.25) is 0 Å². The van der Waals surface area contributed by atoms with Gasteiger partial charge in [0.1, 0.15) is 0 Å². The zero-order valence-electron chi connectivity index (χ0n) is 16.5. The second-order valence-electron chi connectivity index (χ2n) is 6.39. The standard InChI is InChI=1S/C21H23N5O3/c1-14-6-4-5-7-17(14)25-20(27)13-29-18-9-8-16(10-19(18)28-3)11-23-26-12-15(2)24-21(26)22/h4-12H,13H2,1-3H3,(H2,22,24)(H,25,27). The van der Waals surface area contributed by atoms with E-state index in [4.69, 9.17) is 15.2 Å². The third-order valence-electron chi connectivity index (χ3n) is 4.13. The Bertz CT molecular complexity index is 1040. The van der Waals surface area contributed by atoms with E-state index in [1.54, 1.807) is 30.6 Å². The second kappa shape index (κ2) is 8.92. The monoisotopic (exact) mass is 393 g/mol. The lowest BCUT2D eigenvalue weighted by Gasteiger charge is -2.12. The van der Waals surface area contributed by atoms with Crippen LogP contribution in [-0.4, -0.2) is 35.5 Å². The number of methoxy groups -OCH3 is 1. The number of nitrogen functional groups attached to an aromatic ring is 1. The summed E-state index contributed by atoms with van der Waals surface area (Å²) in [6, 6.07) is 12.8. The predicted octanol–water partition coefficient (Wildman–Crippen LogP) is 2.99. The summed E-state index contributed by atoms with van der Waals surface area (Å²) in [4.78, 5) is 16.3. The van der Waals surface area contributed by atoms with Crippen LogP contribution in [0.3, 0.4) is 0 Å². The van der Waals surface area contributed by atoms with Gasteiger partial charge in [-0.1, -0.05) is 18.2 Å². The van der Waals surface area contributed by atoms with Crippen molar-refractivity contribution in [3.63, 3.8) is 0 Å². The number of ether oxygens (including phenoxy) is 2. The highest BCUT2D eigenvalue weighted by Crippen LogP contribution is 2.27. The van der Waals surface area contributed by atoms with Crippen molar-refractivity contribution in [2.45, 2.75) is 13.8 Å². The molecule has 0 bridgehead atoms. The summed E-state index contributed by atoms with van der Waals surface area (Å²) >= 11 is 0. The number of rotatable bonds is 7. The highest BCUT2D eigenvalue weighted by molar-refractivity contribution is 5.92. The summed E-state index contributed by atoms with van der Waals surface area (Å²) in [5.41, 5.74) is 9.08. The second-order valence-corrected chi connectivity index (χ2v) is 6.39. The number of aryl methyl sites for hydroxylation is 2. The van der Waals surface area contributed by atoms with E-state index >= 15 is 0 Å². The first-order valence-corrected chi connectivity index (χ1v) is 8.98. The summed E-state index contributed by atoms with van der Waals surface area (Å²) in [6.07, 6.45) is 3.36. The van der Waals surface area contributed by atoms with Gasteiger partial charge in [-0.3, -0.25) is 4.79 Å². The molecule has 0 atom stereocenters. The Morgan fingerprint density at radius 1 is 1.24 bits per heavy atom. The van der Waals surface area contributed by atoms with Crippen molar-refractivity contribution in [2.75, 3.05) is 24.8 Å². The van der Waals surface area contributed by atoms with Crippen LogP contribution in [0.5, 0.6) is 11.5 Å². The van der Waals surface area contributed by atoms with Crippen LogP contribution in [0.4, 0.5) is 11.6 Å². The van der Waals surface area contributed by atoms with E-state index in [-0.39, 0.29) is 12.5 Å². The highest BCUT2D eigenvalue weighted by Gasteiger charge is 2.10. The minimum atomic E-state index is -0.252. The zero-order valence-corrected chi connectivity index (χ0v) is 16.5. The molecule has 1 heterocycles. The number of benzene rings is 2. The molecule has 3 N–H and O–H groups in total. The average molecular weight is 393 g/mol. The van der Waals surface area contributed by atoms with Crippen molar-refractivity contribution in [1.29, 1.82) is 0 Å². The molecule has 0 saturated carbocycles. The number of anilines is 2. The van der Waals surface area contributed by atoms with Gasteiger partial charge in [0.2, 0.25) is 5.95 Å². The lowest BCUT2D eigenvalue weighted by Crippen LogP contribution is -2.20. The number of amides is 1. The van der Waals surface area contributed by atoms with Crippen LogP contribution in [0, 0.1) is 13.8 Å². The van der Waals surface area contributed by atoms with Gasteiger partial charge in [-0.2, -0.15) is 5.10 Å². The fourth-order valence-corrected chi connectivity index (χ4v) is 2.65. The number of nitrogens with two attached hydrogens (primary N) is 1. The highest BCUT2D eigenvalue weighted by atomic mass is 16.5. The number of nitrogens with one attached hydrogen (secondary N) is 1. The fourth-order valence-electron chi connectivity index (χ4n) is 2.65. The quantitative estimate of drug-likeness (QED) is 0.601. The van der Waals surface area contributed by atoms with Crippen LogP contribution in [0.1, 0.15) is 16.8 Å².